The van der Waals surface area contributed by atoms with Crippen molar-refractivity contribution in [2.75, 3.05) is 28.4 Å². The van der Waals surface area contributed by atoms with Crippen LogP contribution < -0.4 is 19.5 Å². The molecule has 1 aliphatic heterocycles. The number of nitrogens with one attached hydrogen (secondary N) is 1. The molecular weight excluding hydrogens is 464 g/mol. The number of likely N-dealkylation sites (N-methyl/N-ethyl adjacent to an activating group) is 1. The van der Waals surface area contributed by atoms with Gasteiger partial charge in [0.15, 0.2) is 11.5 Å². The minimum absolute atomic E-state index is 0.00896. The maximum Gasteiger partial charge on any atom is 0.260 e. The highest BCUT2D eigenvalue weighted by Crippen LogP contribution is 2.43. The Balaban J connectivity index is 1.39. The molecule has 8 heteroatoms. The fourth-order valence-electron chi connectivity index (χ4n) is 4.71. The van der Waals surface area contributed by atoms with Crippen molar-refractivity contribution < 1.29 is 23.8 Å². The summed E-state index contributed by atoms with van der Waals surface area (Å²) >= 11 is 1.63. The summed E-state index contributed by atoms with van der Waals surface area (Å²) in [5.41, 5.74) is 1.91. The van der Waals surface area contributed by atoms with Crippen LogP contribution in [-0.4, -0.2) is 56.4 Å². The molecule has 3 unspecified atom stereocenters. The van der Waals surface area contributed by atoms with Gasteiger partial charge in [-0.25, -0.2) is 0 Å². The molecular formula is C27H32N2O5S. The molecule has 2 amide bonds. The van der Waals surface area contributed by atoms with Crippen LogP contribution in [0.4, 0.5) is 0 Å². The Morgan fingerprint density at radius 1 is 1.06 bits per heavy atom. The monoisotopic (exact) mass is 496 g/mol. The van der Waals surface area contributed by atoms with Crippen molar-refractivity contribution in [1.29, 1.82) is 0 Å². The smallest absolute Gasteiger partial charge is 0.260 e. The lowest BCUT2D eigenvalue weighted by Crippen LogP contribution is -2.52. The highest BCUT2D eigenvalue weighted by Gasteiger charge is 2.42. The third-order valence-corrected chi connectivity index (χ3v) is 8.16. The van der Waals surface area contributed by atoms with Gasteiger partial charge in [-0.15, -0.1) is 11.8 Å². The molecule has 2 fully saturated rings. The minimum Gasteiger partial charge on any atom is -0.497 e. The largest absolute Gasteiger partial charge is 0.497 e. The maximum atomic E-state index is 13.2. The number of benzene rings is 2. The molecule has 1 saturated carbocycles. The van der Waals surface area contributed by atoms with Gasteiger partial charge in [-0.1, -0.05) is 18.2 Å². The molecule has 35 heavy (non-hydrogen) atoms. The number of carbonyl (C=O) groups excluding carboxylic acids is 2. The molecule has 0 spiro atoms. The molecule has 2 aromatic carbocycles. The molecule has 2 aliphatic rings. The third-order valence-electron chi connectivity index (χ3n) is 6.76. The van der Waals surface area contributed by atoms with E-state index >= 15 is 0 Å². The maximum absolute atomic E-state index is 13.2. The number of carbonyl (C=O) groups is 2. The normalized spacial score (nSPS) is 23.0. The Morgan fingerprint density at radius 2 is 1.80 bits per heavy atom. The fraction of sp³-hybridized carbons (Fsp3) is 0.407. The molecule has 0 aromatic heterocycles. The molecule has 1 aliphatic carbocycles. The standard InChI is InChI=1S/C27H32N2O5S/c1-29-21-15-19(26(30)28-16-17-5-9-20(32-2)10-6-17)8-12-24(21)35-25(27(29)31)14-18-7-11-22(33-3)23(13-18)34-4/h5-7,9-11,13-14,19,21,24H,8,12,15-16H2,1-4H3,(H,28,30)/b25-14-. The lowest BCUT2D eigenvalue weighted by molar-refractivity contribution is -0.132. The number of hydrogen-bond acceptors (Lipinski definition) is 6. The van der Waals surface area contributed by atoms with E-state index in [0.29, 0.717) is 29.4 Å². The van der Waals surface area contributed by atoms with E-state index in [1.807, 2.05) is 60.5 Å². The highest BCUT2D eigenvalue weighted by molar-refractivity contribution is 8.04. The van der Waals surface area contributed by atoms with E-state index in [0.717, 1.165) is 29.7 Å². The van der Waals surface area contributed by atoms with Crippen molar-refractivity contribution >= 4 is 29.7 Å². The van der Waals surface area contributed by atoms with Crippen molar-refractivity contribution in [3.63, 3.8) is 0 Å². The topological polar surface area (TPSA) is 77.1 Å². The van der Waals surface area contributed by atoms with Gasteiger partial charge in [0, 0.05) is 30.8 Å². The van der Waals surface area contributed by atoms with Crippen LogP contribution in [0.2, 0.25) is 0 Å². The van der Waals surface area contributed by atoms with Gasteiger partial charge in [0.1, 0.15) is 5.75 Å². The highest BCUT2D eigenvalue weighted by atomic mass is 32.2. The van der Waals surface area contributed by atoms with Gasteiger partial charge in [0.2, 0.25) is 5.91 Å². The number of ether oxygens (including phenoxy) is 3. The predicted octanol–water partition coefficient (Wildman–Crippen LogP) is 4.11. The van der Waals surface area contributed by atoms with Crippen LogP contribution in [0, 0.1) is 5.92 Å². The van der Waals surface area contributed by atoms with Gasteiger partial charge in [0.25, 0.3) is 5.91 Å². The second kappa shape index (κ2) is 11.1. The zero-order chi connectivity index (χ0) is 24.9. The molecule has 4 rings (SSSR count). The molecule has 0 bridgehead atoms. The SMILES string of the molecule is COc1ccc(CNC(=O)C2CCC3S/C(=C\c4ccc(OC)c(OC)c4)C(=O)N(C)C3C2)cc1. The van der Waals surface area contributed by atoms with Crippen molar-refractivity contribution in [2.24, 2.45) is 5.92 Å². The molecule has 7 nitrogen and oxygen atoms in total. The second-order valence-corrected chi connectivity index (χ2v) is 10.1. The number of amides is 2. The Bertz CT molecular complexity index is 1100. The van der Waals surface area contributed by atoms with Gasteiger partial charge in [-0.2, -0.15) is 0 Å². The Morgan fingerprint density at radius 3 is 2.49 bits per heavy atom. The van der Waals surface area contributed by atoms with Crippen molar-refractivity contribution in [1.82, 2.24) is 10.2 Å². The molecule has 1 heterocycles. The molecule has 1 saturated heterocycles. The quantitative estimate of drug-likeness (QED) is 0.582. The van der Waals surface area contributed by atoms with Gasteiger partial charge < -0.3 is 24.4 Å². The van der Waals surface area contributed by atoms with E-state index in [1.54, 1.807) is 33.1 Å². The zero-order valence-electron chi connectivity index (χ0n) is 20.6. The van der Waals surface area contributed by atoms with E-state index in [2.05, 4.69) is 5.32 Å². The van der Waals surface area contributed by atoms with E-state index in [-0.39, 0.29) is 29.0 Å². The first kappa shape index (κ1) is 25.0. The Labute approximate surface area is 210 Å². The van der Waals surface area contributed by atoms with Crippen LogP contribution in [0.15, 0.2) is 47.4 Å². The number of methoxy groups -OCH3 is 3. The first-order chi connectivity index (χ1) is 16.9. The number of fused-ring (bicyclic) bond motifs is 1. The van der Waals surface area contributed by atoms with Gasteiger partial charge in [-0.3, -0.25) is 9.59 Å². The number of rotatable bonds is 7. The number of nitrogens with zero attached hydrogens (tertiary/aromatic N) is 1. The van der Waals surface area contributed by atoms with Crippen LogP contribution in [0.3, 0.4) is 0 Å². The van der Waals surface area contributed by atoms with Gasteiger partial charge >= 0.3 is 0 Å². The second-order valence-electron chi connectivity index (χ2n) is 8.84. The summed E-state index contributed by atoms with van der Waals surface area (Å²) in [6.45, 7) is 0.481. The van der Waals surface area contributed by atoms with Crippen LogP contribution in [0.5, 0.6) is 17.2 Å². The lowest BCUT2D eigenvalue weighted by atomic mass is 9.83. The number of hydrogen-bond donors (Lipinski definition) is 1. The lowest BCUT2D eigenvalue weighted by Gasteiger charge is -2.44. The zero-order valence-corrected chi connectivity index (χ0v) is 21.4. The van der Waals surface area contributed by atoms with Crippen LogP contribution in [0.1, 0.15) is 30.4 Å². The summed E-state index contributed by atoms with van der Waals surface area (Å²) in [5, 5.41) is 3.34. The summed E-state index contributed by atoms with van der Waals surface area (Å²) in [7, 11) is 6.67. The molecule has 1 N–H and O–H groups in total. The third kappa shape index (κ3) is 5.59. The summed E-state index contributed by atoms with van der Waals surface area (Å²) in [4.78, 5) is 28.6. The van der Waals surface area contributed by atoms with Gasteiger partial charge in [0.05, 0.1) is 26.2 Å². The average molecular weight is 497 g/mol. The molecule has 186 valence electrons. The first-order valence-corrected chi connectivity index (χ1v) is 12.6. The fourth-order valence-corrected chi connectivity index (χ4v) is 6.19. The Kier molecular flexibility index (Phi) is 7.90. The van der Waals surface area contributed by atoms with Crippen molar-refractivity contribution in [3.05, 3.63) is 58.5 Å². The molecule has 3 atom stereocenters. The van der Waals surface area contributed by atoms with E-state index in [9.17, 15) is 9.59 Å². The Hall–Kier alpha value is -3.13. The predicted molar refractivity (Wildman–Crippen MR) is 138 cm³/mol. The summed E-state index contributed by atoms with van der Waals surface area (Å²) in [6, 6.07) is 13.3. The van der Waals surface area contributed by atoms with Crippen LogP contribution >= 0.6 is 11.8 Å². The summed E-state index contributed by atoms with van der Waals surface area (Å²) in [5.74, 6) is 2.02. The summed E-state index contributed by atoms with van der Waals surface area (Å²) < 4.78 is 15.9. The van der Waals surface area contributed by atoms with Crippen LogP contribution in [0.25, 0.3) is 6.08 Å². The van der Waals surface area contributed by atoms with Crippen LogP contribution in [-0.2, 0) is 16.1 Å². The number of thioether (sulfide) groups is 1. The van der Waals surface area contributed by atoms with E-state index < -0.39 is 0 Å². The molecule has 2 aromatic rings. The van der Waals surface area contributed by atoms with E-state index in [4.69, 9.17) is 14.2 Å². The molecule has 0 radical (unpaired) electrons. The minimum atomic E-state index is -0.0956. The summed E-state index contributed by atoms with van der Waals surface area (Å²) in [6.07, 6.45) is 4.29. The average Bonchev–Trinajstić information content (AvgIpc) is 2.90. The van der Waals surface area contributed by atoms with Crippen molar-refractivity contribution in [2.45, 2.75) is 37.1 Å². The van der Waals surface area contributed by atoms with Gasteiger partial charge in [-0.05, 0) is 60.7 Å². The first-order valence-electron chi connectivity index (χ1n) is 11.7. The van der Waals surface area contributed by atoms with E-state index in [1.165, 1.54) is 0 Å². The van der Waals surface area contributed by atoms with Crippen molar-refractivity contribution in [3.8, 4) is 17.2 Å².